The van der Waals surface area contributed by atoms with Crippen molar-refractivity contribution in [2.45, 2.75) is 39.0 Å². The zero-order chi connectivity index (χ0) is 25.7. The van der Waals surface area contributed by atoms with E-state index in [0.29, 0.717) is 12.2 Å². The number of rotatable bonds is 8. The highest BCUT2D eigenvalue weighted by Gasteiger charge is 2.27. The number of anilines is 1. The molecule has 188 valence electrons. The van der Waals surface area contributed by atoms with Gasteiger partial charge in [0.1, 0.15) is 11.6 Å². The molecule has 0 saturated carbocycles. The Morgan fingerprint density at radius 2 is 1.78 bits per heavy atom. The number of benzene rings is 2. The van der Waals surface area contributed by atoms with Gasteiger partial charge in [0.2, 0.25) is 0 Å². The van der Waals surface area contributed by atoms with Crippen molar-refractivity contribution in [3.8, 4) is 0 Å². The number of pyridine rings is 1. The van der Waals surface area contributed by atoms with Crippen molar-refractivity contribution in [3.05, 3.63) is 94.8 Å². The number of piperidine rings is 1. The van der Waals surface area contributed by atoms with E-state index in [1.807, 2.05) is 38.1 Å². The smallest absolute Gasteiger partial charge is 0.309 e. The molecule has 5 nitrogen and oxygen atoms in total. The van der Waals surface area contributed by atoms with Crippen LogP contribution in [-0.4, -0.2) is 36.4 Å². The SMILES string of the molecule is CCOC(=O)C1CCN(c2ccc(C(CC(=O)c3ccnc(C)c3)c3ccc(F)cc3F)cc2)CC1. The van der Waals surface area contributed by atoms with Gasteiger partial charge in [-0.25, -0.2) is 8.78 Å². The number of aromatic nitrogens is 1. The molecule has 0 amide bonds. The Balaban J connectivity index is 1.55. The minimum Gasteiger partial charge on any atom is -0.466 e. The molecule has 1 aromatic heterocycles. The van der Waals surface area contributed by atoms with Gasteiger partial charge < -0.3 is 9.64 Å². The predicted molar refractivity (Wildman–Crippen MR) is 134 cm³/mol. The summed E-state index contributed by atoms with van der Waals surface area (Å²) in [6, 6.07) is 14.5. The lowest BCUT2D eigenvalue weighted by Crippen LogP contribution is -2.36. The average molecular weight is 493 g/mol. The van der Waals surface area contributed by atoms with Gasteiger partial charge in [0.25, 0.3) is 0 Å². The summed E-state index contributed by atoms with van der Waals surface area (Å²) in [4.78, 5) is 31.5. The van der Waals surface area contributed by atoms with Crippen LogP contribution in [0.2, 0.25) is 0 Å². The molecule has 3 aromatic rings. The summed E-state index contributed by atoms with van der Waals surface area (Å²) in [6.45, 7) is 5.48. The van der Waals surface area contributed by atoms with E-state index in [0.717, 1.165) is 48.9 Å². The molecule has 0 N–H and O–H groups in total. The average Bonchev–Trinajstić information content (AvgIpc) is 2.88. The molecule has 1 aliphatic rings. The Morgan fingerprint density at radius 3 is 2.42 bits per heavy atom. The Bertz CT molecular complexity index is 1220. The summed E-state index contributed by atoms with van der Waals surface area (Å²) in [5.41, 5.74) is 3.27. The number of carbonyl (C=O) groups excluding carboxylic acids is 2. The Labute approximate surface area is 210 Å². The molecule has 36 heavy (non-hydrogen) atoms. The second-order valence-corrected chi connectivity index (χ2v) is 9.14. The molecule has 0 bridgehead atoms. The number of esters is 1. The molecule has 7 heteroatoms. The van der Waals surface area contributed by atoms with E-state index in [2.05, 4.69) is 9.88 Å². The molecule has 1 fully saturated rings. The zero-order valence-corrected chi connectivity index (χ0v) is 20.5. The van der Waals surface area contributed by atoms with E-state index in [9.17, 15) is 18.4 Å². The van der Waals surface area contributed by atoms with Crippen LogP contribution in [0.4, 0.5) is 14.5 Å². The number of halogens is 2. The molecular formula is C29H30F2N2O3. The highest BCUT2D eigenvalue weighted by atomic mass is 19.1. The predicted octanol–water partition coefficient (Wildman–Crippen LogP) is 5.85. The summed E-state index contributed by atoms with van der Waals surface area (Å²) in [5.74, 6) is -2.26. The maximum absolute atomic E-state index is 14.8. The lowest BCUT2D eigenvalue weighted by molar-refractivity contribution is -0.148. The number of hydrogen-bond acceptors (Lipinski definition) is 5. The molecule has 1 unspecified atom stereocenters. The second-order valence-electron chi connectivity index (χ2n) is 9.14. The van der Waals surface area contributed by atoms with Gasteiger partial charge in [0.15, 0.2) is 5.78 Å². The summed E-state index contributed by atoms with van der Waals surface area (Å²) in [5, 5.41) is 0. The number of Topliss-reactive ketones (excluding diaryl/α,β-unsaturated/α-hetero) is 1. The van der Waals surface area contributed by atoms with Crippen LogP contribution < -0.4 is 4.90 Å². The van der Waals surface area contributed by atoms with Gasteiger partial charge in [-0.1, -0.05) is 18.2 Å². The third kappa shape index (κ3) is 5.96. The van der Waals surface area contributed by atoms with Gasteiger partial charge in [-0.15, -0.1) is 0 Å². The quantitative estimate of drug-likeness (QED) is 0.292. The largest absolute Gasteiger partial charge is 0.466 e. The first-order chi connectivity index (χ1) is 17.4. The standard InChI is InChI=1S/C29H30F2N2O3/c1-3-36-29(35)21-11-14-33(15-12-21)24-7-4-20(5-8-24)26(25-9-6-23(30)17-27(25)31)18-28(34)22-10-13-32-19(2)16-22/h4-10,13,16-17,21,26H,3,11-12,14-15,18H2,1-2H3. The Hall–Kier alpha value is -3.61. The van der Waals surface area contributed by atoms with Crippen LogP contribution in [0.5, 0.6) is 0 Å². The van der Waals surface area contributed by atoms with Gasteiger partial charge in [0.05, 0.1) is 12.5 Å². The minimum atomic E-state index is -0.677. The Morgan fingerprint density at radius 1 is 1.06 bits per heavy atom. The summed E-state index contributed by atoms with van der Waals surface area (Å²) >= 11 is 0. The lowest BCUT2D eigenvalue weighted by atomic mass is 9.85. The number of nitrogens with zero attached hydrogens (tertiary/aromatic N) is 2. The fourth-order valence-corrected chi connectivity index (χ4v) is 4.76. The molecule has 1 atom stereocenters. The third-order valence-corrected chi connectivity index (χ3v) is 6.72. The number of ketones is 1. The summed E-state index contributed by atoms with van der Waals surface area (Å²) in [7, 11) is 0. The highest BCUT2D eigenvalue weighted by molar-refractivity contribution is 5.96. The van der Waals surface area contributed by atoms with Crippen LogP contribution in [0, 0.1) is 24.5 Å². The minimum absolute atomic E-state index is 0.0380. The molecule has 4 rings (SSSR count). The van der Waals surface area contributed by atoms with Crippen molar-refractivity contribution < 1.29 is 23.1 Å². The first kappa shape index (κ1) is 25.5. The second kappa shape index (κ2) is 11.4. The first-order valence-corrected chi connectivity index (χ1v) is 12.3. The molecule has 1 saturated heterocycles. The van der Waals surface area contributed by atoms with E-state index < -0.39 is 17.6 Å². The van der Waals surface area contributed by atoms with Crippen LogP contribution in [0.15, 0.2) is 60.8 Å². The molecular weight excluding hydrogens is 462 g/mol. The maximum atomic E-state index is 14.8. The van der Waals surface area contributed by atoms with E-state index in [1.54, 1.807) is 18.3 Å². The van der Waals surface area contributed by atoms with Gasteiger partial charge in [0, 0.05) is 54.6 Å². The Kier molecular flexibility index (Phi) is 8.08. The van der Waals surface area contributed by atoms with Crippen molar-refractivity contribution in [2.24, 2.45) is 5.92 Å². The number of hydrogen-bond donors (Lipinski definition) is 0. The van der Waals surface area contributed by atoms with Crippen LogP contribution in [-0.2, 0) is 9.53 Å². The lowest BCUT2D eigenvalue weighted by Gasteiger charge is -2.32. The molecule has 2 heterocycles. The zero-order valence-electron chi connectivity index (χ0n) is 20.5. The molecule has 1 aliphatic heterocycles. The van der Waals surface area contributed by atoms with Crippen LogP contribution in [0.25, 0.3) is 0 Å². The van der Waals surface area contributed by atoms with E-state index in [1.165, 1.54) is 12.1 Å². The van der Waals surface area contributed by atoms with Gasteiger partial charge in [-0.3, -0.25) is 14.6 Å². The normalized spacial score (nSPS) is 14.9. The van der Waals surface area contributed by atoms with Crippen LogP contribution in [0.3, 0.4) is 0 Å². The van der Waals surface area contributed by atoms with Crippen molar-refractivity contribution >= 4 is 17.4 Å². The van der Waals surface area contributed by atoms with Crippen molar-refractivity contribution in [2.75, 3.05) is 24.6 Å². The van der Waals surface area contributed by atoms with E-state index >= 15 is 0 Å². The van der Waals surface area contributed by atoms with Crippen molar-refractivity contribution in [3.63, 3.8) is 0 Å². The van der Waals surface area contributed by atoms with E-state index in [-0.39, 0.29) is 29.7 Å². The van der Waals surface area contributed by atoms with Gasteiger partial charge in [-0.05, 0) is 68.1 Å². The molecule has 0 radical (unpaired) electrons. The topological polar surface area (TPSA) is 59.5 Å². The van der Waals surface area contributed by atoms with Crippen molar-refractivity contribution in [1.29, 1.82) is 0 Å². The maximum Gasteiger partial charge on any atom is 0.309 e. The fourth-order valence-electron chi connectivity index (χ4n) is 4.76. The molecule has 0 aliphatic carbocycles. The van der Waals surface area contributed by atoms with E-state index in [4.69, 9.17) is 4.74 Å². The van der Waals surface area contributed by atoms with Gasteiger partial charge >= 0.3 is 5.97 Å². The third-order valence-electron chi connectivity index (χ3n) is 6.72. The van der Waals surface area contributed by atoms with Crippen molar-refractivity contribution in [1.82, 2.24) is 4.98 Å². The number of ether oxygens (including phenoxy) is 1. The van der Waals surface area contributed by atoms with Crippen LogP contribution >= 0.6 is 0 Å². The summed E-state index contributed by atoms with van der Waals surface area (Å²) < 4.78 is 33.6. The highest BCUT2D eigenvalue weighted by Crippen LogP contribution is 2.33. The molecule has 0 spiro atoms. The first-order valence-electron chi connectivity index (χ1n) is 12.3. The fraction of sp³-hybridized carbons (Fsp3) is 0.345. The summed E-state index contributed by atoms with van der Waals surface area (Å²) in [6.07, 6.45) is 3.07. The number of carbonyl (C=O) groups is 2. The number of aryl methyl sites for hydroxylation is 1. The molecule has 2 aromatic carbocycles. The van der Waals surface area contributed by atoms with Crippen LogP contribution in [0.1, 0.15) is 59.3 Å². The van der Waals surface area contributed by atoms with Gasteiger partial charge in [-0.2, -0.15) is 0 Å². The monoisotopic (exact) mass is 492 g/mol.